The number of anilines is 2. The third kappa shape index (κ3) is 4.97. The summed E-state index contributed by atoms with van der Waals surface area (Å²) in [7, 11) is 0. The fourth-order valence-electron chi connectivity index (χ4n) is 3.10. The molecule has 0 bridgehead atoms. The van der Waals surface area contributed by atoms with Crippen LogP contribution in [-0.4, -0.2) is 17.4 Å². The Morgan fingerprint density at radius 3 is 2.47 bits per heavy atom. The highest BCUT2D eigenvalue weighted by Gasteiger charge is 2.23. The molecule has 0 radical (unpaired) electrons. The number of nitrogens with zero attached hydrogens (tertiary/aromatic N) is 1. The Hall–Kier alpha value is -3.35. The molecule has 7 heteroatoms. The average Bonchev–Trinajstić information content (AvgIpc) is 2.73. The smallest absolute Gasteiger partial charge is 0.253 e. The number of pyridine rings is 1. The Morgan fingerprint density at radius 2 is 1.77 bits per heavy atom. The molecule has 1 aromatic heterocycles. The summed E-state index contributed by atoms with van der Waals surface area (Å²) < 4.78 is 42.2. The van der Waals surface area contributed by atoms with E-state index < -0.39 is 29.0 Å². The minimum Gasteiger partial charge on any atom is -0.352 e. The molecule has 0 aliphatic rings. The first-order valence-electron chi connectivity index (χ1n) is 9.56. The Morgan fingerprint density at radius 1 is 1.03 bits per heavy atom. The fraction of sp³-hybridized carbons (Fsp3) is 0.217. The van der Waals surface area contributed by atoms with E-state index in [0.717, 1.165) is 17.5 Å². The number of amides is 1. The average molecular weight is 413 g/mol. The third-order valence-corrected chi connectivity index (χ3v) is 4.64. The van der Waals surface area contributed by atoms with Crippen molar-refractivity contribution in [2.75, 3.05) is 11.9 Å². The van der Waals surface area contributed by atoms with Gasteiger partial charge in [0.2, 0.25) is 0 Å². The van der Waals surface area contributed by atoms with Gasteiger partial charge in [0, 0.05) is 12.7 Å². The van der Waals surface area contributed by atoms with Crippen LogP contribution in [0.3, 0.4) is 0 Å². The van der Waals surface area contributed by atoms with Gasteiger partial charge in [-0.3, -0.25) is 4.79 Å². The van der Waals surface area contributed by atoms with Crippen LogP contribution in [-0.2, 0) is 6.42 Å². The van der Waals surface area contributed by atoms with Crippen molar-refractivity contribution < 1.29 is 18.0 Å². The van der Waals surface area contributed by atoms with Crippen molar-refractivity contribution in [1.29, 1.82) is 0 Å². The number of aryl methyl sites for hydroxylation is 3. The normalized spacial score (nSPS) is 10.7. The number of hydrogen-bond acceptors (Lipinski definition) is 3. The summed E-state index contributed by atoms with van der Waals surface area (Å²) >= 11 is 0. The quantitative estimate of drug-likeness (QED) is 0.412. The van der Waals surface area contributed by atoms with Crippen LogP contribution in [0, 0.1) is 31.3 Å². The summed E-state index contributed by atoms with van der Waals surface area (Å²) in [5, 5.41) is 5.29. The molecule has 0 saturated carbocycles. The van der Waals surface area contributed by atoms with Gasteiger partial charge in [-0.05, 0) is 49.4 Å². The first kappa shape index (κ1) is 21.4. The van der Waals surface area contributed by atoms with Crippen molar-refractivity contribution in [1.82, 2.24) is 10.3 Å². The zero-order valence-corrected chi connectivity index (χ0v) is 16.7. The Bertz CT molecular complexity index is 1060. The van der Waals surface area contributed by atoms with Gasteiger partial charge in [0.15, 0.2) is 17.5 Å². The second-order valence-electron chi connectivity index (χ2n) is 7.06. The number of aromatic nitrogens is 1. The van der Waals surface area contributed by atoms with E-state index in [1.165, 1.54) is 0 Å². The largest absolute Gasteiger partial charge is 0.352 e. The summed E-state index contributed by atoms with van der Waals surface area (Å²) in [4.78, 5) is 16.7. The van der Waals surface area contributed by atoms with Gasteiger partial charge in [0.1, 0.15) is 5.82 Å². The third-order valence-electron chi connectivity index (χ3n) is 4.64. The van der Waals surface area contributed by atoms with Gasteiger partial charge in [-0.15, -0.1) is 0 Å². The highest BCUT2D eigenvalue weighted by Crippen LogP contribution is 2.29. The number of rotatable bonds is 7. The number of hydrogen-bond donors (Lipinski definition) is 2. The Labute approximate surface area is 173 Å². The monoisotopic (exact) mass is 413 g/mol. The first-order chi connectivity index (χ1) is 14.4. The summed E-state index contributed by atoms with van der Waals surface area (Å²) in [6, 6.07) is 12.2. The maximum atomic E-state index is 14.5. The highest BCUT2D eigenvalue weighted by molar-refractivity contribution is 6.00. The summed E-state index contributed by atoms with van der Waals surface area (Å²) in [6.07, 6.45) is 2.94. The predicted octanol–water partition coefficient (Wildman–Crippen LogP) is 5.22. The van der Waals surface area contributed by atoms with Gasteiger partial charge in [-0.2, -0.15) is 0 Å². The zero-order chi connectivity index (χ0) is 21.7. The molecule has 0 fully saturated rings. The van der Waals surface area contributed by atoms with E-state index >= 15 is 0 Å². The fourth-order valence-corrected chi connectivity index (χ4v) is 3.10. The van der Waals surface area contributed by atoms with Crippen LogP contribution in [0.4, 0.5) is 24.7 Å². The number of carbonyl (C=O) groups excluding carboxylic acids is 1. The molecular formula is C23H22F3N3O. The molecule has 0 unspecified atom stereocenters. The molecule has 156 valence electrons. The molecule has 0 atom stereocenters. The van der Waals surface area contributed by atoms with Crippen LogP contribution in [0.1, 0.15) is 33.5 Å². The SMILES string of the molecule is Cc1cnc(Nc2c(C(=O)NCCCc3ccccc3)cc(F)c(F)c2F)c(C)c1. The molecule has 1 heterocycles. The zero-order valence-electron chi connectivity index (χ0n) is 16.7. The van der Waals surface area contributed by atoms with Gasteiger partial charge in [-0.25, -0.2) is 18.2 Å². The molecule has 0 aliphatic carbocycles. The van der Waals surface area contributed by atoms with Crippen LogP contribution in [0.15, 0.2) is 48.7 Å². The van der Waals surface area contributed by atoms with Gasteiger partial charge < -0.3 is 10.6 Å². The van der Waals surface area contributed by atoms with Crippen molar-refractivity contribution in [2.24, 2.45) is 0 Å². The van der Waals surface area contributed by atoms with Gasteiger partial charge in [0.05, 0.1) is 11.3 Å². The van der Waals surface area contributed by atoms with E-state index in [9.17, 15) is 18.0 Å². The molecule has 0 aliphatic heterocycles. The number of benzene rings is 2. The van der Waals surface area contributed by atoms with Gasteiger partial charge >= 0.3 is 0 Å². The molecule has 0 saturated heterocycles. The minimum absolute atomic E-state index is 0.253. The predicted molar refractivity (Wildman–Crippen MR) is 110 cm³/mol. The Kier molecular flexibility index (Phi) is 6.72. The molecule has 2 aromatic carbocycles. The number of nitrogens with one attached hydrogen (secondary N) is 2. The van der Waals surface area contributed by atoms with Crippen molar-refractivity contribution >= 4 is 17.4 Å². The van der Waals surface area contributed by atoms with Crippen LogP contribution < -0.4 is 10.6 Å². The van der Waals surface area contributed by atoms with E-state index in [2.05, 4.69) is 15.6 Å². The van der Waals surface area contributed by atoms with Gasteiger partial charge in [0.25, 0.3) is 5.91 Å². The van der Waals surface area contributed by atoms with Crippen molar-refractivity contribution in [3.8, 4) is 0 Å². The summed E-state index contributed by atoms with van der Waals surface area (Å²) in [5.41, 5.74) is 1.91. The first-order valence-corrected chi connectivity index (χ1v) is 9.56. The lowest BCUT2D eigenvalue weighted by Crippen LogP contribution is -2.26. The van der Waals surface area contributed by atoms with E-state index in [1.54, 1.807) is 19.2 Å². The number of halogens is 3. The van der Waals surface area contributed by atoms with Crippen LogP contribution in [0.5, 0.6) is 0 Å². The topological polar surface area (TPSA) is 54.0 Å². The number of carbonyl (C=O) groups is 1. The van der Waals surface area contributed by atoms with E-state index in [4.69, 9.17) is 0 Å². The Balaban J connectivity index is 1.78. The lowest BCUT2D eigenvalue weighted by Gasteiger charge is -2.15. The lowest BCUT2D eigenvalue weighted by molar-refractivity contribution is 0.0953. The van der Waals surface area contributed by atoms with Crippen molar-refractivity contribution in [3.63, 3.8) is 0 Å². The van der Waals surface area contributed by atoms with E-state index in [1.807, 2.05) is 37.3 Å². The molecule has 0 spiro atoms. The van der Waals surface area contributed by atoms with Gasteiger partial charge in [-0.1, -0.05) is 36.4 Å². The molecule has 4 nitrogen and oxygen atoms in total. The molecule has 1 amide bonds. The standard InChI is InChI=1S/C23H22F3N3O/c1-14-11-15(2)22(28-13-14)29-21-17(12-18(24)19(25)20(21)26)23(30)27-10-6-9-16-7-4-3-5-8-16/h3-5,7-8,11-13H,6,9-10H2,1-2H3,(H,27,30)(H,28,29). The van der Waals surface area contributed by atoms with Crippen LogP contribution in [0.2, 0.25) is 0 Å². The second-order valence-corrected chi connectivity index (χ2v) is 7.06. The maximum Gasteiger partial charge on any atom is 0.253 e. The molecular weight excluding hydrogens is 391 g/mol. The highest BCUT2D eigenvalue weighted by atomic mass is 19.2. The van der Waals surface area contributed by atoms with E-state index in [-0.39, 0.29) is 11.4 Å². The molecule has 30 heavy (non-hydrogen) atoms. The molecule has 3 rings (SSSR count). The maximum absolute atomic E-state index is 14.5. The molecule has 2 N–H and O–H groups in total. The minimum atomic E-state index is -1.65. The van der Waals surface area contributed by atoms with Crippen LogP contribution in [0.25, 0.3) is 0 Å². The molecule has 3 aromatic rings. The van der Waals surface area contributed by atoms with E-state index in [0.29, 0.717) is 24.6 Å². The lowest BCUT2D eigenvalue weighted by atomic mass is 10.1. The summed E-state index contributed by atoms with van der Waals surface area (Å²) in [6.45, 7) is 3.88. The van der Waals surface area contributed by atoms with Crippen molar-refractivity contribution in [3.05, 3.63) is 88.4 Å². The summed E-state index contributed by atoms with van der Waals surface area (Å²) in [5.74, 6) is -4.99. The van der Waals surface area contributed by atoms with Crippen molar-refractivity contribution in [2.45, 2.75) is 26.7 Å². The van der Waals surface area contributed by atoms with Crippen LogP contribution >= 0.6 is 0 Å². The second kappa shape index (κ2) is 9.43.